The van der Waals surface area contributed by atoms with Gasteiger partial charge < -0.3 is 10.4 Å². The average molecular weight is 291 g/mol. The van der Waals surface area contributed by atoms with Crippen LogP contribution >= 0.6 is 0 Å². The summed E-state index contributed by atoms with van der Waals surface area (Å²) in [6, 6.07) is 5.72. The number of carbonyl (C=O) groups excluding carboxylic acids is 1. The van der Waals surface area contributed by atoms with Gasteiger partial charge in [0.05, 0.1) is 17.1 Å². The van der Waals surface area contributed by atoms with Crippen LogP contribution in [-0.4, -0.2) is 46.1 Å². The molecule has 2 N–H and O–H groups in total. The molecule has 112 valence electrons. The first-order valence-electron chi connectivity index (χ1n) is 6.95. The maximum atomic E-state index is 11.9. The van der Waals surface area contributed by atoms with Crippen LogP contribution in [0.5, 0.6) is 0 Å². The molecule has 0 radical (unpaired) electrons. The minimum atomic E-state index is -0.590. The second-order valence-corrected chi connectivity index (χ2v) is 5.88. The van der Waals surface area contributed by atoms with E-state index in [0.717, 1.165) is 12.8 Å². The molecule has 1 saturated carbocycles. The summed E-state index contributed by atoms with van der Waals surface area (Å²) in [5.41, 5.74) is -0.0676. The van der Waals surface area contributed by atoms with E-state index in [4.69, 9.17) is 0 Å². The lowest BCUT2D eigenvalue weighted by Gasteiger charge is -2.46. The molecule has 3 rings (SSSR count). The van der Waals surface area contributed by atoms with Crippen molar-refractivity contribution in [2.45, 2.75) is 18.4 Å². The summed E-state index contributed by atoms with van der Waals surface area (Å²) >= 11 is 0. The lowest BCUT2D eigenvalue weighted by Crippen LogP contribution is -2.64. The molecule has 7 heteroatoms. The highest BCUT2D eigenvalue weighted by Crippen LogP contribution is 2.44. The van der Waals surface area contributed by atoms with Gasteiger partial charge in [-0.25, -0.2) is 0 Å². The fourth-order valence-corrected chi connectivity index (χ4v) is 2.79. The van der Waals surface area contributed by atoms with Crippen LogP contribution in [0.2, 0.25) is 0 Å². The Bertz CT molecular complexity index is 562. The second-order valence-electron chi connectivity index (χ2n) is 5.88. The molecule has 1 aromatic carbocycles. The first-order valence-corrected chi connectivity index (χ1v) is 6.95. The highest BCUT2D eigenvalue weighted by atomic mass is 16.6. The van der Waals surface area contributed by atoms with Gasteiger partial charge in [0.1, 0.15) is 0 Å². The summed E-state index contributed by atoms with van der Waals surface area (Å²) < 4.78 is 0. The molecule has 1 aromatic rings. The number of hydrogen-bond acceptors (Lipinski definition) is 5. The first kappa shape index (κ1) is 14.0. The number of non-ortho nitro benzene ring substituents is 1. The Morgan fingerprint density at radius 2 is 2.00 bits per heavy atom. The van der Waals surface area contributed by atoms with Crippen LogP contribution in [0.1, 0.15) is 12.8 Å². The molecule has 7 nitrogen and oxygen atoms in total. The van der Waals surface area contributed by atoms with E-state index in [2.05, 4.69) is 5.32 Å². The highest BCUT2D eigenvalue weighted by molar-refractivity contribution is 5.92. The molecule has 2 fully saturated rings. The molecular weight excluding hydrogens is 274 g/mol. The molecule has 0 unspecified atom stereocenters. The van der Waals surface area contributed by atoms with Crippen LogP contribution in [-0.2, 0) is 4.79 Å². The Morgan fingerprint density at radius 1 is 1.38 bits per heavy atom. The summed E-state index contributed by atoms with van der Waals surface area (Å²) in [5, 5.41) is 23.4. The van der Waals surface area contributed by atoms with Crippen LogP contribution < -0.4 is 5.32 Å². The zero-order valence-electron chi connectivity index (χ0n) is 11.5. The number of hydrogen-bond donors (Lipinski definition) is 2. The second kappa shape index (κ2) is 5.09. The van der Waals surface area contributed by atoms with Crippen molar-refractivity contribution in [1.29, 1.82) is 0 Å². The number of nitrogens with zero attached hydrogens (tertiary/aromatic N) is 2. The normalized spacial score (nSPS) is 20.6. The number of rotatable bonds is 5. The number of carbonyl (C=O) groups is 1. The van der Waals surface area contributed by atoms with Crippen LogP contribution in [0.4, 0.5) is 11.4 Å². The van der Waals surface area contributed by atoms with Crippen LogP contribution in [0.15, 0.2) is 24.3 Å². The quantitative estimate of drug-likeness (QED) is 0.623. The van der Waals surface area contributed by atoms with E-state index in [1.807, 2.05) is 4.90 Å². The molecule has 1 aliphatic carbocycles. The van der Waals surface area contributed by atoms with Crippen LogP contribution in [0.25, 0.3) is 0 Å². The Morgan fingerprint density at radius 3 is 2.52 bits per heavy atom. The average Bonchev–Trinajstić information content (AvgIpc) is 3.21. The molecule has 1 saturated heterocycles. The number of nitrogens with one attached hydrogen (secondary N) is 1. The topological polar surface area (TPSA) is 95.7 Å². The number of benzene rings is 1. The van der Waals surface area contributed by atoms with Gasteiger partial charge in [-0.2, -0.15) is 0 Å². The third-order valence-corrected chi connectivity index (χ3v) is 4.06. The van der Waals surface area contributed by atoms with Gasteiger partial charge in [0.2, 0.25) is 5.91 Å². The Kier molecular flexibility index (Phi) is 3.38. The third-order valence-electron chi connectivity index (χ3n) is 4.06. The fraction of sp³-hybridized carbons (Fsp3) is 0.500. The number of aliphatic hydroxyl groups is 1. The molecule has 21 heavy (non-hydrogen) atoms. The maximum Gasteiger partial charge on any atom is 0.269 e. The van der Waals surface area contributed by atoms with E-state index >= 15 is 0 Å². The summed E-state index contributed by atoms with van der Waals surface area (Å²) in [7, 11) is 0. The molecule has 1 heterocycles. The SMILES string of the molecule is O=C(CN1CC(O)(C2CC2)C1)Nc1ccc([N+](=O)[O-])cc1. The van der Waals surface area contributed by atoms with Crippen molar-refractivity contribution in [3.63, 3.8) is 0 Å². The molecule has 2 aliphatic rings. The van der Waals surface area contributed by atoms with Crippen molar-refractivity contribution >= 4 is 17.3 Å². The van der Waals surface area contributed by atoms with E-state index in [9.17, 15) is 20.0 Å². The Labute approximate surface area is 121 Å². The number of amides is 1. The summed E-state index contributed by atoms with van der Waals surface area (Å²) in [5.74, 6) is 0.230. The predicted molar refractivity (Wildman–Crippen MR) is 75.8 cm³/mol. The monoisotopic (exact) mass is 291 g/mol. The minimum absolute atomic E-state index is 0.00904. The van der Waals surface area contributed by atoms with Gasteiger partial charge in [0.15, 0.2) is 0 Å². The van der Waals surface area contributed by atoms with E-state index in [1.54, 1.807) is 0 Å². The van der Waals surface area contributed by atoms with Gasteiger partial charge in [-0.05, 0) is 30.9 Å². The van der Waals surface area contributed by atoms with Gasteiger partial charge in [-0.15, -0.1) is 0 Å². The molecule has 0 bridgehead atoms. The van der Waals surface area contributed by atoms with Gasteiger partial charge in [-0.3, -0.25) is 19.8 Å². The van der Waals surface area contributed by atoms with Crippen molar-refractivity contribution in [2.75, 3.05) is 25.0 Å². The molecule has 0 aromatic heterocycles. The number of anilines is 1. The molecule has 0 atom stereocenters. The van der Waals surface area contributed by atoms with E-state index in [0.29, 0.717) is 24.7 Å². The van der Waals surface area contributed by atoms with Crippen molar-refractivity contribution < 1.29 is 14.8 Å². The molecule has 0 spiro atoms. The lowest BCUT2D eigenvalue weighted by atomic mass is 9.89. The van der Waals surface area contributed by atoms with Gasteiger partial charge in [0.25, 0.3) is 5.69 Å². The Balaban J connectivity index is 1.47. The van der Waals surface area contributed by atoms with E-state index in [-0.39, 0.29) is 18.1 Å². The zero-order valence-corrected chi connectivity index (χ0v) is 11.5. The maximum absolute atomic E-state index is 11.9. The van der Waals surface area contributed by atoms with Crippen molar-refractivity contribution in [1.82, 2.24) is 4.90 Å². The first-order chi connectivity index (χ1) is 9.96. The number of nitro groups is 1. The van der Waals surface area contributed by atoms with Gasteiger partial charge >= 0.3 is 0 Å². The van der Waals surface area contributed by atoms with E-state index < -0.39 is 10.5 Å². The van der Waals surface area contributed by atoms with Gasteiger partial charge in [-0.1, -0.05) is 0 Å². The largest absolute Gasteiger partial charge is 0.387 e. The standard InChI is InChI=1S/C14H17N3O4/c18-13(7-16-8-14(19,9-16)10-1-2-10)15-11-3-5-12(6-4-11)17(20)21/h3-6,10,19H,1-2,7-9H2,(H,15,18). The summed E-state index contributed by atoms with van der Waals surface area (Å²) in [6.07, 6.45) is 2.17. The summed E-state index contributed by atoms with van der Waals surface area (Å²) in [4.78, 5) is 23.8. The molecule has 1 aliphatic heterocycles. The van der Waals surface area contributed by atoms with Crippen molar-refractivity contribution in [3.05, 3.63) is 34.4 Å². The lowest BCUT2D eigenvalue weighted by molar-refractivity contribution is -0.384. The predicted octanol–water partition coefficient (Wildman–Crippen LogP) is 0.990. The van der Waals surface area contributed by atoms with Crippen molar-refractivity contribution in [2.24, 2.45) is 5.92 Å². The van der Waals surface area contributed by atoms with Crippen LogP contribution in [0.3, 0.4) is 0 Å². The number of β-amino-alcohol motifs (C(OH)–C–C–N with tert-alkyl or cyclic N) is 1. The Hall–Kier alpha value is -1.99. The fourth-order valence-electron chi connectivity index (χ4n) is 2.79. The smallest absolute Gasteiger partial charge is 0.269 e. The summed E-state index contributed by atoms with van der Waals surface area (Å²) in [6.45, 7) is 1.32. The van der Waals surface area contributed by atoms with Crippen molar-refractivity contribution in [3.8, 4) is 0 Å². The minimum Gasteiger partial charge on any atom is -0.387 e. The zero-order chi connectivity index (χ0) is 15.0. The number of likely N-dealkylation sites (tertiary alicyclic amines) is 1. The third kappa shape index (κ3) is 3.03. The highest BCUT2D eigenvalue weighted by Gasteiger charge is 2.51. The van der Waals surface area contributed by atoms with Gasteiger partial charge in [0, 0.05) is 30.9 Å². The molecular formula is C14H17N3O4. The molecule has 1 amide bonds. The number of nitro benzene ring substituents is 1. The van der Waals surface area contributed by atoms with E-state index in [1.165, 1.54) is 24.3 Å². The van der Waals surface area contributed by atoms with Crippen LogP contribution in [0, 0.1) is 16.0 Å².